The number of hydrogen-bond acceptors (Lipinski definition) is 10. The van der Waals surface area contributed by atoms with Gasteiger partial charge in [-0.2, -0.15) is 10.2 Å². The number of aromatic nitrogens is 8. The highest BCUT2D eigenvalue weighted by Crippen LogP contribution is 2.29. The zero-order valence-electron chi connectivity index (χ0n) is 32.4. The maximum atomic E-state index is 12.6. The predicted octanol–water partition coefficient (Wildman–Crippen LogP) is 4.31. The Hall–Kier alpha value is -5.07. The van der Waals surface area contributed by atoms with E-state index in [0.29, 0.717) is 76.5 Å². The molecule has 304 valence electrons. The summed E-state index contributed by atoms with van der Waals surface area (Å²) in [5.74, 6) is 1.35. The molecule has 3 N–H and O–H groups in total. The highest BCUT2D eigenvalue weighted by atomic mass is 35.5. The third-order valence-electron chi connectivity index (χ3n) is 9.50. The molecule has 0 aliphatic carbocycles. The Labute approximate surface area is 335 Å². The maximum Gasteiger partial charge on any atom is 0.277 e. The van der Waals surface area contributed by atoms with Crippen LogP contribution in [0.25, 0.3) is 22.1 Å². The molecule has 2 aromatic carbocycles. The van der Waals surface area contributed by atoms with Gasteiger partial charge in [0.1, 0.15) is 22.7 Å². The van der Waals surface area contributed by atoms with Crippen LogP contribution in [0.5, 0.6) is 0 Å². The van der Waals surface area contributed by atoms with Crippen LogP contribution in [0, 0.1) is 0 Å². The van der Waals surface area contributed by atoms with Crippen LogP contribution < -0.4 is 20.1 Å². The molecule has 0 amide bonds. The number of rotatable bonds is 14. The molecule has 19 heteroatoms. The smallest absolute Gasteiger partial charge is 0.277 e. The summed E-state index contributed by atoms with van der Waals surface area (Å²) in [4.78, 5) is 40.1. The van der Waals surface area contributed by atoms with Crippen molar-refractivity contribution in [3.63, 3.8) is 0 Å². The van der Waals surface area contributed by atoms with Gasteiger partial charge in [-0.15, -0.1) is 11.6 Å². The van der Waals surface area contributed by atoms with E-state index in [9.17, 15) is 26.4 Å². The number of benzene rings is 2. The number of nitrogens with zero attached hydrogens (tertiary/aromatic N) is 7. The summed E-state index contributed by atoms with van der Waals surface area (Å²) >= 11 is 5.61. The Morgan fingerprint density at radius 1 is 0.807 bits per heavy atom. The maximum absolute atomic E-state index is 12.6. The van der Waals surface area contributed by atoms with E-state index in [0.717, 1.165) is 42.6 Å². The first-order chi connectivity index (χ1) is 27.2. The first-order valence-electron chi connectivity index (χ1n) is 18.9. The largest absolute Gasteiger partial charge is 0.308 e. The number of sulfonamides is 2. The zero-order valence-corrected chi connectivity index (χ0v) is 34.8. The van der Waals surface area contributed by atoms with E-state index in [1.165, 1.54) is 4.31 Å². The molecule has 1 fully saturated rings. The van der Waals surface area contributed by atoms with Crippen molar-refractivity contribution in [1.82, 2.24) is 39.5 Å². The fourth-order valence-corrected chi connectivity index (χ4v) is 10.0. The van der Waals surface area contributed by atoms with Gasteiger partial charge in [-0.1, -0.05) is 63.1 Å². The first kappa shape index (κ1) is 41.6. The molecule has 1 aliphatic rings. The summed E-state index contributed by atoms with van der Waals surface area (Å²) in [7, 11) is -3.32. The molecule has 16 nitrogen and oxygen atoms in total. The average molecular weight is 839 g/mol. The molecule has 0 unspecified atom stereocenters. The second-order valence-corrected chi connectivity index (χ2v) is 18.1. The SMILES string of the molecule is CCCc1nn(C)c2c(=O)[nH]c(Cc3ccccc3N3CCCS3(=O)=O)nc12.CCCc1nn(C)c2c(=O)[nH]c(Cc3ccccc3NS(=O)(=O)CCCCl)nc12. The van der Waals surface area contributed by atoms with E-state index >= 15 is 0 Å². The molecule has 0 bridgehead atoms. The lowest BCUT2D eigenvalue weighted by Crippen LogP contribution is -2.26. The minimum absolute atomic E-state index is 0.0536. The minimum atomic E-state index is -3.51. The van der Waals surface area contributed by atoms with E-state index in [-0.39, 0.29) is 34.9 Å². The van der Waals surface area contributed by atoms with Crippen molar-refractivity contribution >= 4 is 65.1 Å². The highest BCUT2D eigenvalue weighted by molar-refractivity contribution is 7.93. The van der Waals surface area contributed by atoms with Gasteiger partial charge in [0, 0.05) is 39.4 Å². The Morgan fingerprint density at radius 3 is 1.86 bits per heavy atom. The summed E-state index contributed by atoms with van der Waals surface area (Å²) in [6.45, 7) is 4.58. The number of hydrogen-bond donors (Lipinski definition) is 3. The van der Waals surface area contributed by atoms with Gasteiger partial charge in [-0.05, 0) is 48.9 Å². The summed E-state index contributed by atoms with van der Waals surface area (Å²) < 4.78 is 56.4. The summed E-state index contributed by atoms with van der Waals surface area (Å²) in [5.41, 5.74) is 5.85. The number of fused-ring (bicyclic) bond motifs is 2. The molecular formula is C38H47ClN10O6S2. The average Bonchev–Trinajstić information content (AvgIpc) is 3.79. The number of alkyl halides is 1. The molecule has 0 spiro atoms. The summed E-state index contributed by atoms with van der Waals surface area (Å²) in [6.07, 6.45) is 4.88. The highest BCUT2D eigenvalue weighted by Gasteiger charge is 2.30. The number of anilines is 2. The number of aromatic amines is 2. The number of nitrogens with one attached hydrogen (secondary N) is 3. The molecule has 0 radical (unpaired) electrons. The van der Waals surface area contributed by atoms with Gasteiger partial charge in [0.2, 0.25) is 20.0 Å². The Balaban J connectivity index is 0.000000193. The lowest BCUT2D eigenvalue weighted by molar-refractivity contribution is 0.598. The first-order valence-corrected chi connectivity index (χ1v) is 22.7. The molecule has 1 saturated heterocycles. The quantitative estimate of drug-likeness (QED) is 0.132. The van der Waals surface area contributed by atoms with Crippen LogP contribution in [0.15, 0.2) is 58.1 Å². The fourth-order valence-electron chi connectivity index (χ4n) is 6.98. The predicted molar refractivity (Wildman–Crippen MR) is 223 cm³/mol. The summed E-state index contributed by atoms with van der Waals surface area (Å²) in [5, 5.41) is 8.85. The van der Waals surface area contributed by atoms with Crippen molar-refractivity contribution < 1.29 is 16.8 Å². The molecule has 57 heavy (non-hydrogen) atoms. The van der Waals surface area contributed by atoms with Crippen molar-refractivity contribution in [2.45, 2.75) is 65.2 Å². The number of H-pyrrole nitrogens is 2. The Morgan fingerprint density at radius 2 is 1.33 bits per heavy atom. The van der Waals surface area contributed by atoms with Crippen molar-refractivity contribution in [2.24, 2.45) is 14.1 Å². The van der Waals surface area contributed by atoms with Crippen molar-refractivity contribution in [2.75, 3.05) is 33.0 Å². The molecular weight excluding hydrogens is 792 g/mol. The third-order valence-corrected chi connectivity index (χ3v) is 13.0. The molecule has 6 aromatic rings. The molecule has 0 atom stereocenters. The zero-order chi connectivity index (χ0) is 40.9. The molecule has 1 aliphatic heterocycles. The minimum Gasteiger partial charge on any atom is -0.308 e. The number of para-hydroxylation sites is 2. The third kappa shape index (κ3) is 9.39. The van der Waals surface area contributed by atoms with E-state index in [2.05, 4.69) is 41.8 Å². The van der Waals surface area contributed by atoms with Crippen molar-refractivity contribution in [3.05, 3.63) is 103 Å². The van der Waals surface area contributed by atoms with Crippen LogP contribution in [-0.4, -0.2) is 80.3 Å². The van der Waals surface area contributed by atoms with Crippen molar-refractivity contribution in [3.8, 4) is 0 Å². The van der Waals surface area contributed by atoms with Gasteiger partial charge in [0.25, 0.3) is 11.1 Å². The molecule has 0 saturated carbocycles. The fraction of sp³-hybridized carbons (Fsp3) is 0.421. The van der Waals surface area contributed by atoms with Crippen LogP contribution in [0.1, 0.15) is 73.7 Å². The number of halogens is 1. The van der Waals surface area contributed by atoms with Gasteiger partial charge in [0.15, 0.2) is 11.0 Å². The van der Waals surface area contributed by atoms with Gasteiger partial charge < -0.3 is 9.97 Å². The number of aryl methyl sites for hydroxylation is 4. The van der Waals surface area contributed by atoms with Crippen LogP contribution >= 0.6 is 11.6 Å². The van der Waals surface area contributed by atoms with Crippen LogP contribution in [-0.2, 0) is 59.8 Å². The van der Waals surface area contributed by atoms with Gasteiger partial charge in [-0.3, -0.25) is 28.0 Å². The van der Waals surface area contributed by atoms with E-state index in [1.54, 1.807) is 47.7 Å². The molecule has 5 heterocycles. The van der Waals surface area contributed by atoms with Crippen LogP contribution in [0.2, 0.25) is 0 Å². The molecule has 4 aromatic heterocycles. The monoisotopic (exact) mass is 838 g/mol. The lowest BCUT2D eigenvalue weighted by Gasteiger charge is -2.20. The normalized spacial score (nSPS) is 13.9. The van der Waals surface area contributed by atoms with Gasteiger partial charge in [-0.25, -0.2) is 26.8 Å². The second-order valence-electron chi connectivity index (χ2n) is 13.9. The van der Waals surface area contributed by atoms with Crippen molar-refractivity contribution in [1.29, 1.82) is 0 Å². The Kier molecular flexibility index (Phi) is 12.8. The molecule has 7 rings (SSSR count). The topological polar surface area (TPSA) is 211 Å². The standard InChI is InChI=1S/C19H24ClN5O3S.C19H23N5O3S/c1-3-7-15-17-18(25(2)23-15)19(26)22-16(21-17)12-13-8-4-5-9-14(13)24-29(27,28)11-6-10-20;1-3-7-14-17-18(23(2)22-14)19(25)21-16(20-17)12-13-8-4-5-9-15(13)24-10-6-11-28(24,26)27/h4-5,8-9,24H,3,6-7,10-12H2,1-2H3,(H,21,22,26);4-5,8-9H,3,6-7,10-12H2,1-2H3,(H,20,21,25). The second kappa shape index (κ2) is 17.6. The Bertz CT molecular complexity index is 2740. The van der Waals surface area contributed by atoms with E-state index in [1.807, 2.05) is 31.2 Å². The van der Waals surface area contributed by atoms with Crippen LogP contribution in [0.4, 0.5) is 11.4 Å². The summed E-state index contributed by atoms with van der Waals surface area (Å²) in [6, 6.07) is 14.4. The van der Waals surface area contributed by atoms with Gasteiger partial charge >= 0.3 is 0 Å². The van der Waals surface area contributed by atoms with Crippen LogP contribution in [0.3, 0.4) is 0 Å². The lowest BCUT2D eigenvalue weighted by atomic mass is 10.1. The van der Waals surface area contributed by atoms with Gasteiger partial charge in [0.05, 0.1) is 34.3 Å². The van der Waals surface area contributed by atoms with E-state index < -0.39 is 20.0 Å². The van der Waals surface area contributed by atoms with E-state index in [4.69, 9.17) is 11.6 Å².